The molecule has 0 bridgehead atoms. The van der Waals surface area contributed by atoms with E-state index in [1.807, 2.05) is 72.8 Å². The van der Waals surface area contributed by atoms with Gasteiger partial charge in [0.1, 0.15) is 34.6 Å². The number of rotatable bonds is 8. The van der Waals surface area contributed by atoms with Gasteiger partial charge < -0.3 is 18.8 Å². The fourth-order valence-corrected chi connectivity index (χ4v) is 4.66. The van der Waals surface area contributed by atoms with Gasteiger partial charge in [-0.3, -0.25) is 4.79 Å². The minimum atomic E-state index is -0.200. The fraction of sp³-hybridized carbons (Fsp3) is 0.219. The zero-order valence-electron chi connectivity index (χ0n) is 22.4. The molecule has 7 nitrogen and oxygen atoms in total. The number of benzene rings is 3. The second-order valence-electron chi connectivity index (χ2n) is 9.67. The first-order chi connectivity index (χ1) is 18.9. The lowest BCUT2D eigenvalue weighted by atomic mass is 9.98. The van der Waals surface area contributed by atoms with Gasteiger partial charge in [0.25, 0.3) is 5.91 Å². The van der Waals surface area contributed by atoms with Crippen LogP contribution in [0.15, 0.2) is 82.2 Å². The number of nitrogens with zero attached hydrogens (tertiary/aromatic N) is 3. The molecule has 4 aromatic rings. The van der Waals surface area contributed by atoms with Crippen LogP contribution in [0.2, 0.25) is 0 Å². The van der Waals surface area contributed by atoms with Gasteiger partial charge in [0.05, 0.1) is 19.9 Å². The third kappa shape index (κ3) is 4.89. The van der Waals surface area contributed by atoms with Crippen LogP contribution < -0.4 is 14.4 Å². The SMILES string of the molecule is COc1ccc(-c2oc(N=C3C(=O)N(CCC(C)C)c4ccccc43)c(C#N)c2-c2ccc(OC)cc2)cc1. The van der Waals surface area contributed by atoms with E-state index < -0.39 is 0 Å². The number of hydrogen-bond acceptors (Lipinski definition) is 6. The van der Waals surface area contributed by atoms with Crippen molar-refractivity contribution in [3.63, 3.8) is 0 Å². The van der Waals surface area contributed by atoms with Crippen LogP contribution in [0.3, 0.4) is 0 Å². The van der Waals surface area contributed by atoms with Crippen molar-refractivity contribution in [2.75, 3.05) is 25.7 Å². The quantitative estimate of drug-likeness (QED) is 0.250. The predicted octanol–water partition coefficient (Wildman–Crippen LogP) is 7.02. The third-order valence-corrected chi connectivity index (χ3v) is 6.77. The summed E-state index contributed by atoms with van der Waals surface area (Å²) in [6.07, 6.45) is 0.862. The van der Waals surface area contributed by atoms with E-state index in [1.165, 1.54) is 0 Å². The zero-order valence-corrected chi connectivity index (χ0v) is 22.4. The van der Waals surface area contributed by atoms with Crippen molar-refractivity contribution >= 4 is 23.2 Å². The summed E-state index contributed by atoms with van der Waals surface area (Å²) in [5, 5.41) is 10.3. The number of furan rings is 1. The lowest BCUT2D eigenvalue weighted by Gasteiger charge is -2.17. The van der Waals surface area contributed by atoms with Crippen LogP contribution in [0.1, 0.15) is 31.4 Å². The van der Waals surface area contributed by atoms with Crippen molar-refractivity contribution < 1.29 is 18.7 Å². The minimum Gasteiger partial charge on any atom is -0.497 e. The second-order valence-corrected chi connectivity index (χ2v) is 9.67. The number of nitriles is 1. The van der Waals surface area contributed by atoms with Gasteiger partial charge in [-0.25, -0.2) is 4.99 Å². The molecule has 3 aromatic carbocycles. The molecule has 0 spiro atoms. The number of carbonyl (C=O) groups is 1. The molecule has 7 heteroatoms. The Morgan fingerprint density at radius 1 is 0.923 bits per heavy atom. The number of ether oxygens (including phenoxy) is 2. The summed E-state index contributed by atoms with van der Waals surface area (Å²) in [6.45, 7) is 4.85. The van der Waals surface area contributed by atoms with E-state index >= 15 is 0 Å². The molecule has 39 heavy (non-hydrogen) atoms. The number of methoxy groups -OCH3 is 2. The van der Waals surface area contributed by atoms with E-state index in [1.54, 1.807) is 19.1 Å². The van der Waals surface area contributed by atoms with Crippen molar-refractivity contribution in [1.82, 2.24) is 0 Å². The van der Waals surface area contributed by atoms with E-state index in [9.17, 15) is 10.1 Å². The van der Waals surface area contributed by atoms with Gasteiger partial charge >= 0.3 is 0 Å². The normalized spacial score (nSPS) is 13.6. The Balaban J connectivity index is 1.68. The summed E-state index contributed by atoms with van der Waals surface area (Å²) in [6, 6.07) is 24.7. The summed E-state index contributed by atoms with van der Waals surface area (Å²) in [7, 11) is 3.21. The maximum Gasteiger partial charge on any atom is 0.277 e. The average Bonchev–Trinajstić information content (AvgIpc) is 3.46. The Morgan fingerprint density at radius 2 is 1.54 bits per heavy atom. The summed E-state index contributed by atoms with van der Waals surface area (Å²) in [4.78, 5) is 20.1. The molecule has 0 saturated heterocycles. The van der Waals surface area contributed by atoms with Gasteiger partial charge in [0.2, 0.25) is 5.88 Å². The average molecular weight is 520 g/mol. The highest BCUT2D eigenvalue weighted by molar-refractivity contribution is 6.54. The summed E-state index contributed by atoms with van der Waals surface area (Å²) in [5.74, 6) is 2.22. The molecule has 0 aliphatic carbocycles. The van der Waals surface area contributed by atoms with Crippen molar-refractivity contribution in [2.24, 2.45) is 10.9 Å². The summed E-state index contributed by atoms with van der Waals surface area (Å²) >= 11 is 0. The zero-order chi connectivity index (χ0) is 27.5. The molecule has 0 unspecified atom stereocenters. The lowest BCUT2D eigenvalue weighted by molar-refractivity contribution is -0.112. The molecule has 5 rings (SSSR count). The Hall–Kier alpha value is -4.83. The molecule has 0 fully saturated rings. The highest BCUT2D eigenvalue weighted by Crippen LogP contribution is 2.44. The van der Waals surface area contributed by atoms with Crippen LogP contribution in [0.25, 0.3) is 22.5 Å². The van der Waals surface area contributed by atoms with E-state index in [2.05, 4.69) is 19.9 Å². The Labute approximate surface area is 227 Å². The molecular weight excluding hydrogens is 490 g/mol. The van der Waals surface area contributed by atoms with Crippen LogP contribution in [0.4, 0.5) is 11.6 Å². The highest BCUT2D eigenvalue weighted by Gasteiger charge is 2.35. The van der Waals surface area contributed by atoms with Crippen LogP contribution >= 0.6 is 0 Å². The number of fused-ring (bicyclic) bond motifs is 1. The van der Waals surface area contributed by atoms with Crippen LogP contribution in [-0.2, 0) is 4.79 Å². The van der Waals surface area contributed by atoms with E-state index in [0.717, 1.165) is 28.8 Å². The van der Waals surface area contributed by atoms with Gasteiger partial charge in [-0.05, 0) is 60.4 Å². The standard InChI is InChI=1S/C32H29N3O4/c1-20(2)17-18-35-27-8-6-5-7-25(27)29(32(35)36)34-31-26(19-33)28(21-9-13-23(37-3)14-10-21)30(39-31)22-11-15-24(38-4)16-12-22/h5-16,20H,17-18H2,1-4H3. The number of aliphatic imine (C=N–C) groups is 1. The van der Waals surface area contributed by atoms with E-state index in [0.29, 0.717) is 35.3 Å². The van der Waals surface area contributed by atoms with Crippen molar-refractivity contribution in [3.05, 3.63) is 83.9 Å². The molecule has 1 aliphatic rings. The minimum absolute atomic E-state index is 0.0954. The number of amides is 1. The number of anilines is 1. The molecule has 0 N–H and O–H groups in total. The Morgan fingerprint density at radius 3 is 2.13 bits per heavy atom. The summed E-state index contributed by atoms with van der Waals surface area (Å²) < 4.78 is 16.9. The molecular formula is C32H29N3O4. The van der Waals surface area contributed by atoms with Gasteiger partial charge in [-0.1, -0.05) is 44.2 Å². The molecule has 1 aliphatic heterocycles. The molecule has 1 aromatic heterocycles. The highest BCUT2D eigenvalue weighted by atomic mass is 16.5. The topological polar surface area (TPSA) is 88.1 Å². The predicted molar refractivity (Wildman–Crippen MR) is 152 cm³/mol. The maximum atomic E-state index is 13.6. The molecule has 196 valence electrons. The number of hydrogen-bond donors (Lipinski definition) is 0. The first kappa shape index (κ1) is 25.8. The largest absolute Gasteiger partial charge is 0.497 e. The van der Waals surface area contributed by atoms with Gasteiger partial charge in [-0.2, -0.15) is 5.26 Å². The van der Waals surface area contributed by atoms with Crippen LogP contribution in [0.5, 0.6) is 11.5 Å². The fourth-order valence-electron chi connectivity index (χ4n) is 4.66. The Kier molecular flexibility index (Phi) is 7.20. The van der Waals surface area contributed by atoms with Crippen LogP contribution in [0, 0.1) is 17.2 Å². The maximum absolute atomic E-state index is 13.6. The van der Waals surface area contributed by atoms with E-state index in [-0.39, 0.29) is 23.1 Å². The van der Waals surface area contributed by atoms with Crippen LogP contribution in [-0.4, -0.2) is 32.4 Å². The van der Waals surface area contributed by atoms with Crippen molar-refractivity contribution in [2.45, 2.75) is 20.3 Å². The summed E-state index contributed by atoms with van der Waals surface area (Å²) in [5.41, 5.74) is 4.18. The molecule has 2 heterocycles. The molecule has 0 saturated carbocycles. The van der Waals surface area contributed by atoms with Gasteiger partial charge in [-0.15, -0.1) is 0 Å². The number of para-hydroxylation sites is 1. The van der Waals surface area contributed by atoms with E-state index in [4.69, 9.17) is 18.9 Å². The first-order valence-electron chi connectivity index (χ1n) is 12.8. The van der Waals surface area contributed by atoms with Crippen molar-refractivity contribution in [1.29, 1.82) is 5.26 Å². The smallest absolute Gasteiger partial charge is 0.277 e. The molecule has 0 radical (unpaired) electrons. The first-order valence-corrected chi connectivity index (χ1v) is 12.8. The second kappa shape index (κ2) is 10.9. The lowest BCUT2D eigenvalue weighted by Crippen LogP contribution is -2.31. The molecule has 0 atom stereocenters. The Bertz CT molecular complexity index is 1580. The number of carbonyl (C=O) groups excluding carboxylic acids is 1. The monoisotopic (exact) mass is 519 g/mol. The molecule has 1 amide bonds. The van der Waals surface area contributed by atoms with Gasteiger partial charge in [0, 0.05) is 23.2 Å². The van der Waals surface area contributed by atoms with Crippen molar-refractivity contribution in [3.8, 4) is 40.0 Å². The third-order valence-electron chi connectivity index (χ3n) is 6.77. The van der Waals surface area contributed by atoms with Gasteiger partial charge in [0.15, 0.2) is 0 Å².